The average Bonchev–Trinajstić information content (AvgIpc) is 3.37. The van der Waals surface area contributed by atoms with Crippen LogP contribution in [0.2, 0.25) is 0 Å². The molecule has 154 valence electrons. The van der Waals surface area contributed by atoms with Gasteiger partial charge in [0.25, 0.3) is 11.8 Å². The highest BCUT2D eigenvalue weighted by Crippen LogP contribution is 2.16. The van der Waals surface area contributed by atoms with E-state index >= 15 is 0 Å². The summed E-state index contributed by atoms with van der Waals surface area (Å²) < 4.78 is 10.8. The van der Waals surface area contributed by atoms with Gasteiger partial charge in [-0.2, -0.15) is 0 Å². The second kappa shape index (κ2) is 9.36. The monoisotopic (exact) mass is 414 g/mol. The molecular weight excluding hydrogens is 396 g/mol. The third kappa shape index (κ3) is 5.13. The minimum atomic E-state index is -0.446. The lowest BCUT2D eigenvalue weighted by molar-refractivity contribution is 0.0846. The molecule has 0 atom stereocenters. The van der Waals surface area contributed by atoms with Crippen molar-refractivity contribution in [1.29, 1.82) is 0 Å². The van der Waals surface area contributed by atoms with E-state index in [0.29, 0.717) is 29.2 Å². The van der Waals surface area contributed by atoms with Crippen LogP contribution in [0.3, 0.4) is 0 Å². The summed E-state index contributed by atoms with van der Waals surface area (Å²) in [6.07, 6.45) is 1.23. The van der Waals surface area contributed by atoms with Crippen molar-refractivity contribution < 1.29 is 18.7 Å². The van der Waals surface area contributed by atoms with E-state index in [2.05, 4.69) is 21.0 Å². The van der Waals surface area contributed by atoms with Gasteiger partial charge in [-0.25, -0.2) is 0 Å². The maximum absolute atomic E-state index is 12.3. The van der Waals surface area contributed by atoms with Gasteiger partial charge in [0.2, 0.25) is 12.3 Å². The highest BCUT2D eigenvalue weighted by atomic mass is 16.5. The molecule has 0 aliphatic rings. The van der Waals surface area contributed by atoms with Crippen LogP contribution in [-0.2, 0) is 6.61 Å². The zero-order valence-electron chi connectivity index (χ0n) is 16.3. The standard InChI is InChI=1S/C23H18N4O4/c28-21(17-8-6-16(7-9-17)14-30-20-4-2-1-3-5-20)25-26-22(29)18-10-12-19(13-11-18)23-27-24-15-31-23/h1-13,15H,14H2,(H,25,28)(H,26,29). The smallest absolute Gasteiger partial charge is 0.269 e. The molecule has 1 aromatic heterocycles. The number of nitrogens with zero attached hydrogens (tertiary/aromatic N) is 2. The summed E-state index contributed by atoms with van der Waals surface area (Å²) in [5.74, 6) is 0.264. The van der Waals surface area contributed by atoms with E-state index in [1.807, 2.05) is 30.3 Å². The largest absolute Gasteiger partial charge is 0.489 e. The van der Waals surface area contributed by atoms with Gasteiger partial charge in [0.1, 0.15) is 12.4 Å². The van der Waals surface area contributed by atoms with Crippen LogP contribution < -0.4 is 15.6 Å². The number of carbonyl (C=O) groups excluding carboxylic acids is 2. The number of nitrogens with one attached hydrogen (secondary N) is 2. The van der Waals surface area contributed by atoms with E-state index in [-0.39, 0.29) is 0 Å². The fourth-order valence-corrected chi connectivity index (χ4v) is 2.76. The van der Waals surface area contributed by atoms with Crippen LogP contribution in [0.1, 0.15) is 26.3 Å². The van der Waals surface area contributed by atoms with Crippen LogP contribution in [-0.4, -0.2) is 22.0 Å². The van der Waals surface area contributed by atoms with Gasteiger partial charge in [-0.15, -0.1) is 10.2 Å². The van der Waals surface area contributed by atoms with Gasteiger partial charge < -0.3 is 9.15 Å². The van der Waals surface area contributed by atoms with Crippen LogP contribution in [0, 0.1) is 0 Å². The molecule has 0 fully saturated rings. The number of rotatable bonds is 6. The first-order valence-electron chi connectivity index (χ1n) is 9.43. The Bertz CT molecular complexity index is 1140. The Morgan fingerprint density at radius 1 is 0.806 bits per heavy atom. The van der Waals surface area contributed by atoms with Gasteiger partial charge in [-0.05, 0) is 54.1 Å². The molecular formula is C23H18N4O4. The highest BCUT2D eigenvalue weighted by molar-refractivity contribution is 5.99. The molecule has 0 aliphatic heterocycles. The van der Waals surface area contributed by atoms with E-state index in [9.17, 15) is 9.59 Å². The molecule has 3 aromatic carbocycles. The Labute approximate surface area is 177 Å². The quantitative estimate of drug-likeness (QED) is 0.469. The molecule has 0 aliphatic carbocycles. The topological polar surface area (TPSA) is 106 Å². The predicted octanol–water partition coefficient (Wildman–Crippen LogP) is 3.39. The lowest BCUT2D eigenvalue weighted by atomic mass is 10.1. The molecule has 31 heavy (non-hydrogen) atoms. The molecule has 4 aromatic rings. The lowest BCUT2D eigenvalue weighted by Gasteiger charge is -2.09. The summed E-state index contributed by atoms with van der Waals surface area (Å²) in [4.78, 5) is 24.6. The predicted molar refractivity (Wildman–Crippen MR) is 112 cm³/mol. The van der Waals surface area contributed by atoms with Crippen molar-refractivity contribution in [3.05, 3.63) is 102 Å². The molecule has 0 saturated heterocycles. The number of hydrazine groups is 1. The van der Waals surface area contributed by atoms with Crippen molar-refractivity contribution in [2.45, 2.75) is 6.61 Å². The van der Waals surface area contributed by atoms with Gasteiger partial charge in [-0.3, -0.25) is 20.4 Å². The number of benzene rings is 3. The highest BCUT2D eigenvalue weighted by Gasteiger charge is 2.10. The second-order valence-electron chi connectivity index (χ2n) is 6.53. The van der Waals surface area contributed by atoms with Gasteiger partial charge in [-0.1, -0.05) is 30.3 Å². The lowest BCUT2D eigenvalue weighted by Crippen LogP contribution is -2.41. The number of carbonyl (C=O) groups is 2. The number of hydrogen-bond donors (Lipinski definition) is 2. The Hall–Kier alpha value is -4.46. The molecule has 0 saturated carbocycles. The summed E-state index contributed by atoms with van der Waals surface area (Å²) in [6, 6.07) is 23.0. The Kier molecular flexibility index (Phi) is 5.99. The van der Waals surface area contributed by atoms with Crippen LogP contribution >= 0.6 is 0 Å². The molecule has 2 amide bonds. The van der Waals surface area contributed by atoms with Crippen molar-refractivity contribution in [3.63, 3.8) is 0 Å². The van der Waals surface area contributed by atoms with Gasteiger partial charge >= 0.3 is 0 Å². The molecule has 8 heteroatoms. The second-order valence-corrected chi connectivity index (χ2v) is 6.53. The minimum absolute atomic E-state index is 0.359. The number of aromatic nitrogens is 2. The summed E-state index contributed by atoms with van der Waals surface area (Å²) in [7, 11) is 0. The van der Waals surface area contributed by atoms with E-state index in [0.717, 1.165) is 11.3 Å². The Balaban J connectivity index is 1.28. The summed E-state index contributed by atoms with van der Waals surface area (Å²) in [5, 5.41) is 7.42. The van der Waals surface area contributed by atoms with Gasteiger partial charge in [0.15, 0.2) is 0 Å². The van der Waals surface area contributed by atoms with Gasteiger partial charge in [0.05, 0.1) is 0 Å². The molecule has 0 radical (unpaired) electrons. The minimum Gasteiger partial charge on any atom is -0.489 e. The third-order valence-electron chi connectivity index (χ3n) is 4.41. The zero-order chi connectivity index (χ0) is 21.5. The summed E-state index contributed by atoms with van der Waals surface area (Å²) in [6.45, 7) is 0.391. The Morgan fingerprint density at radius 3 is 2.00 bits per heavy atom. The Morgan fingerprint density at radius 2 is 1.42 bits per heavy atom. The number of hydrogen-bond acceptors (Lipinski definition) is 6. The fraction of sp³-hybridized carbons (Fsp3) is 0.0435. The fourth-order valence-electron chi connectivity index (χ4n) is 2.76. The normalized spacial score (nSPS) is 10.3. The molecule has 2 N–H and O–H groups in total. The zero-order valence-corrected chi connectivity index (χ0v) is 16.3. The first-order valence-corrected chi connectivity index (χ1v) is 9.43. The molecule has 8 nitrogen and oxygen atoms in total. The maximum Gasteiger partial charge on any atom is 0.269 e. The van der Waals surface area contributed by atoms with Crippen molar-refractivity contribution >= 4 is 11.8 Å². The van der Waals surface area contributed by atoms with Crippen LogP contribution in [0.25, 0.3) is 11.5 Å². The van der Waals surface area contributed by atoms with E-state index in [1.54, 1.807) is 48.5 Å². The van der Waals surface area contributed by atoms with E-state index < -0.39 is 11.8 Å². The maximum atomic E-state index is 12.3. The average molecular weight is 414 g/mol. The van der Waals surface area contributed by atoms with Gasteiger partial charge in [0, 0.05) is 16.7 Å². The third-order valence-corrected chi connectivity index (χ3v) is 4.41. The van der Waals surface area contributed by atoms with Crippen molar-refractivity contribution in [2.24, 2.45) is 0 Å². The first-order chi connectivity index (χ1) is 15.2. The molecule has 0 spiro atoms. The first kappa shape index (κ1) is 19.8. The van der Waals surface area contributed by atoms with E-state index in [1.165, 1.54) is 6.39 Å². The van der Waals surface area contributed by atoms with Crippen molar-refractivity contribution in [2.75, 3.05) is 0 Å². The number of ether oxygens (including phenoxy) is 1. The van der Waals surface area contributed by atoms with Crippen molar-refractivity contribution in [1.82, 2.24) is 21.0 Å². The van der Waals surface area contributed by atoms with Crippen LogP contribution in [0.5, 0.6) is 5.75 Å². The molecule has 0 bridgehead atoms. The SMILES string of the molecule is O=C(NNC(=O)c1ccc(-c2nnco2)cc1)c1ccc(COc2ccccc2)cc1. The number of para-hydroxylation sites is 1. The van der Waals surface area contributed by atoms with Crippen molar-refractivity contribution in [3.8, 4) is 17.2 Å². The number of amides is 2. The summed E-state index contributed by atoms with van der Waals surface area (Å²) in [5.41, 5.74) is 7.20. The van der Waals surface area contributed by atoms with Crippen LogP contribution in [0.4, 0.5) is 0 Å². The molecule has 0 unspecified atom stereocenters. The van der Waals surface area contributed by atoms with E-state index in [4.69, 9.17) is 9.15 Å². The van der Waals surface area contributed by atoms with Crippen LogP contribution in [0.15, 0.2) is 89.7 Å². The molecule has 4 rings (SSSR count). The molecule has 1 heterocycles. The summed E-state index contributed by atoms with van der Waals surface area (Å²) >= 11 is 0.